The zero-order chi connectivity index (χ0) is 25.6. The number of hydrogen-bond donors (Lipinski definition) is 1. The summed E-state index contributed by atoms with van der Waals surface area (Å²) in [6.07, 6.45) is 0.241. The van der Waals surface area contributed by atoms with Crippen LogP contribution in [0.3, 0.4) is 0 Å². The summed E-state index contributed by atoms with van der Waals surface area (Å²) in [5.41, 5.74) is 1.70. The number of hydrogen-bond acceptors (Lipinski definition) is 6. The standard InChI is InChI=1S/C28H24N2O6/c1-28(2)14-23(31)22-13-18(7-11-24(22)36-28)29-25(32)17-6-10-20-21(12-17)27(34)30(26(20)33)15-16-4-8-19(35-3)9-5-16/h4-13H,14-15H2,1-3H3,(H,29,32). The second-order valence-corrected chi connectivity index (χ2v) is 9.43. The third kappa shape index (κ3) is 4.22. The number of methoxy groups -OCH3 is 1. The highest BCUT2D eigenvalue weighted by atomic mass is 16.5. The minimum Gasteiger partial charge on any atom is -0.497 e. The third-order valence-electron chi connectivity index (χ3n) is 6.24. The predicted octanol–water partition coefficient (Wildman–Crippen LogP) is 4.49. The first-order valence-electron chi connectivity index (χ1n) is 11.5. The number of anilines is 1. The molecule has 182 valence electrons. The van der Waals surface area contributed by atoms with Gasteiger partial charge in [0.2, 0.25) is 0 Å². The van der Waals surface area contributed by atoms with Gasteiger partial charge in [0.05, 0.1) is 36.8 Å². The topological polar surface area (TPSA) is 102 Å². The monoisotopic (exact) mass is 484 g/mol. The number of nitrogens with one attached hydrogen (secondary N) is 1. The Morgan fingerprint density at radius 1 is 0.944 bits per heavy atom. The fourth-order valence-corrected chi connectivity index (χ4v) is 4.42. The first-order valence-corrected chi connectivity index (χ1v) is 11.5. The quantitative estimate of drug-likeness (QED) is 0.536. The van der Waals surface area contributed by atoms with E-state index in [-0.39, 0.29) is 35.4 Å². The number of carbonyl (C=O) groups is 4. The summed E-state index contributed by atoms with van der Waals surface area (Å²) in [4.78, 5) is 52.5. The van der Waals surface area contributed by atoms with Crippen molar-refractivity contribution in [3.05, 3.63) is 88.5 Å². The van der Waals surface area contributed by atoms with Crippen LogP contribution in [0.5, 0.6) is 11.5 Å². The summed E-state index contributed by atoms with van der Waals surface area (Å²) in [6, 6.07) is 16.4. The van der Waals surface area contributed by atoms with Crippen LogP contribution in [-0.4, -0.2) is 41.1 Å². The van der Waals surface area contributed by atoms with E-state index in [0.717, 1.165) is 10.5 Å². The van der Waals surface area contributed by atoms with Gasteiger partial charge in [-0.3, -0.25) is 24.1 Å². The second-order valence-electron chi connectivity index (χ2n) is 9.43. The smallest absolute Gasteiger partial charge is 0.261 e. The van der Waals surface area contributed by atoms with Gasteiger partial charge < -0.3 is 14.8 Å². The van der Waals surface area contributed by atoms with Gasteiger partial charge in [-0.2, -0.15) is 0 Å². The Morgan fingerprint density at radius 2 is 1.67 bits per heavy atom. The number of imide groups is 1. The molecule has 0 saturated heterocycles. The number of benzene rings is 3. The summed E-state index contributed by atoms with van der Waals surface area (Å²) in [7, 11) is 1.56. The van der Waals surface area contributed by atoms with Crippen LogP contribution in [0.25, 0.3) is 0 Å². The summed E-state index contributed by atoms with van der Waals surface area (Å²) < 4.78 is 11.0. The van der Waals surface area contributed by atoms with Crippen molar-refractivity contribution in [2.24, 2.45) is 0 Å². The van der Waals surface area contributed by atoms with Gasteiger partial charge in [-0.1, -0.05) is 12.1 Å². The molecule has 0 spiro atoms. The van der Waals surface area contributed by atoms with Crippen molar-refractivity contribution >= 4 is 29.2 Å². The van der Waals surface area contributed by atoms with Gasteiger partial charge in [0.25, 0.3) is 17.7 Å². The molecule has 5 rings (SSSR count). The average molecular weight is 485 g/mol. The van der Waals surface area contributed by atoms with Crippen molar-refractivity contribution in [2.45, 2.75) is 32.4 Å². The van der Waals surface area contributed by atoms with Crippen molar-refractivity contribution in [1.29, 1.82) is 0 Å². The molecule has 0 atom stereocenters. The zero-order valence-electron chi connectivity index (χ0n) is 20.1. The molecular weight excluding hydrogens is 460 g/mol. The molecule has 8 nitrogen and oxygen atoms in total. The van der Waals surface area contributed by atoms with Gasteiger partial charge in [-0.15, -0.1) is 0 Å². The molecular formula is C28H24N2O6. The molecule has 0 aliphatic carbocycles. The zero-order valence-corrected chi connectivity index (χ0v) is 20.1. The summed E-state index contributed by atoms with van der Waals surface area (Å²) >= 11 is 0. The molecule has 2 aliphatic rings. The summed E-state index contributed by atoms with van der Waals surface area (Å²) in [5, 5.41) is 2.76. The molecule has 0 aromatic heterocycles. The number of rotatable bonds is 5. The van der Waals surface area contributed by atoms with E-state index in [9.17, 15) is 19.2 Å². The molecule has 2 aliphatic heterocycles. The van der Waals surface area contributed by atoms with Crippen LogP contribution < -0.4 is 14.8 Å². The molecule has 36 heavy (non-hydrogen) atoms. The number of nitrogens with zero attached hydrogens (tertiary/aromatic N) is 1. The Morgan fingerprint density at radius 3 is 2.39 bits per heavy atom. The Kier molecular flexibility index (Phi) is 5.59. The number of ketones is 1. The number of amides is 3. The van der Waals surface area contributed by atoms with Crippen LogP contribution in [0.1, 0.15) is 67.3 Å². The molecule has 0 fully saturated rings. The molecule has 3 aromatic rings. The molecule has 3 amide bonds. The largest absolute Gasteiger partial charge is 0.497 e. The Balaban J connectivity index is 1.33. The molecule has 2 heterocycles. The minimum atomic E-state index is -0.579. The van der Waals surface area contributed by atoms with Crippen LogP contribution in [0.15, 0.2) is 60.7 Å². The number of fused-ring (bicyclic) bond motifs is 2. The van der Waals surface area contributed by atoms with E-state index < -0.39 is 23.3 Å². The molecule has 8 heteroatoms. The van der Waals surface area contributed by atoms with Gasteiger partial charge in [0.15, 0.2) is 5.78 Å². The SMILES string of the molecule is COc1ccc(CN2C(=O)c3ccc(C(=O)Nc4ccc5c(c4)C(=O)CC(C)(C)O5)cc3C2=O)cc1. The highest BCUT2D eigenvalue weighted by Gasteiger charge is 2.36. The fraction of sp³-hybridized carbons (Fsp3) is 0.214. The molecule has 0 unspecified atom stereocenters. The molecule has 0 saturated carbocycles. The summed E-state index contributed by atoms with van der Waals surface area (Å²) in [6.45, 7) is 3.81. The van der Waals surface area contributed by atoms with Gasteiger partial charge in [-0.25, -0.2) is 0 Å². The Labute approximate surface area is 207 Å². The highest BCUT2D eigenvalue weighted by Crippen LogP contribution is 2.35. The van der Waals surface area contributed by atoms with E-state index >= 15 is 0 Å². The number of carbonyl (C=O) groups excluding carboxylic acids is 4. The van der Waals surface area contributed by atoms with E-state index in [1.54, 1.807) is 49.6 Å². The van der Waals surface area contributed by atoms with Gasteiger partial charge in [-0.05, 0) is 67.9 Å². The van der Waals surface area contributed by atoms with E-state index in [2.05, 4.69) is 5.32 Å². The number of Topliss-reactive ketones (excluding diaryl/α,β-unsaturated/α-hetero) is 1. The molecule has 0 radical (unpaired) electrons. The van der Waals surface area contributed by atoms with Crippen molar-refractivity contribution in [3.8, 4) is 11.5 Å². The van der Waals surface area contributed by atoms with Gasteiger partial charge in [0, 0.05) is 11.3 Å². The lowest BCUT2D eigenvalue weighted by atomic mass is 9.93. The first kappa shape index (κ1) is 23.3. The normalized spacial score (nSPS) is 15.8. The Bertz CT molecular complexity index is 1420. The van der Waals surface area contributed by atoms with Crippen LogP contribution >= 0.6 is 0 Å². The lowest BCUT2D eigenvalue weighted by Gasteiger charge is -2.31. The maximum Gasteiger partial charge on any atom is 0.261 e. The van der Waals surface area contributed by atoms with Crippen LogP contribution in [0, 0.1) is 0 Å². The molecule has 0 bridgehead atoms. The van der Waals surface area contributed by atoms with E-state index in [4.69, 9.17) is 9.47 Å². The maximum absolute atomic E-state index is 13.0. The number of ether oxygens (including phenoxy) is 2. The molecule has 1 N–H and O–H groups in total. The maximum atomic E-state index is 13.0. The lowest BCUT2D eigenvalue weighted by molar-refractivity contribution is 0.0613. The predicted molar refractivity (Wildman–Crippen MR) is 132 cm³/mol. The molecule has 3 aromatic carbocycles. The Hall–Kier alpha value is -4.46. The minimum absolute atomic E-state index is 0.0593. The van der Waals surface area contributed by atoms with Crippen molar-refractivity contribution in [2.75, 3.05) is 12.4 Å². The second kappa shape index (κ2) is 8.64. The van der Waals surface area contributed by atoms with Crippen LogP contribution in [0.2, 0.25) is 0 Å². The fourth-order valence-electron chi connectivity index (χ4n) is 4.42. The van der Waals surface area contributed by atoms with E-state index in [1.165, 1.54) is 18.2 Å². The van der Waals surface area contributed by atoms with Gasteiger partial charge >= 0.3 is 0 Å². The van der Waals surface area contributed by atoms with E-state index in [1.807, 2.05) is 13.8 Å². The summed E-state index contributed by atoms with van der Waals surface area (Å²) in [5.74, 6) is -0.232. The van der Waals surface area contributed by atoms with Crippen LogP contribution in [0.4, 0.5) is 5.69 Å². The first-order chi connectivity index (χ1) is 17.1. The van der Waals surface area contributed by atoms with E-state index in [0.29, 0.717) is 22.7 Å². The highest BCUT2D eigenvalue weighted by molar-refractivity contribution is 6.22. The van der Waals surface area contributed by atoms with Crippen molar-refractivity contribution < 1.29 is 28.7 Å². The van der Waals surface area contributed by atoms with Crippen molar-refractivity contribution in [3.63, 3.8) is 0 Å². The van der Waals surface area contributed by atoms with Crippen LogP contribution in [-0.2, 0) is 6.54 Å². The van der Waals surface area contributed by atoms with Crippen molar-refractivity contribution in [1.82, 2.24) is 4.90 Å². The third-order valence-corrected chi connectivity index (χ3v) is 6.24. The average Bonchev–Trinajstić information content (AvgIpc) is 3.08. The lowest BCUT2D eigenvalue weighted by Crippen LogP contribution is -2.35. The van der Waals surface area contributed by atoms with Gasteiger partial charge in [0.1, 0.15) is 17.1 Å².